The van der Waals surface area contributed by atoms with Crippen molar-refractivity contribution in [1.29, 1.82) is 0 Å². The normalized spacial score (nSPS) is 12.6. The average molecular weight is 259 g/mol. The smallest absolute Gasteiger partial charge is 0.247 e. The molecule has 0 fully saturated rings. The van der Waals surface area contributed by atoms with Gasteiger partial charge in [-0.2, -0.15) is 4.68 Å². The second-order valence-corrected chi connectivity index (χ2v) is 4.76. The SMILES string of the molecule is CCC(CC)C(C)Nc1nnnn1-c1ccccc1. The standard InChI is InChI=1S/C14H21N5/c1-4-12(5-2)11(3)15-14-16-17-18-19(14)13-9-7-6-8-10-13/h6-12H,4-5H2,1-3H3,(H,15,16,18). The zero-order valence-electron chi connectivity index (χ0n) is 11.7. The lowest BCUT2D eigenvalue weighted by atomic mass is 9.96. The minimum atomic E-state index is 0.350. The van der Waals surface area contributed by atoms with Gasteiger partial charge in [0.05, 0.1) is 5.69 Å². The Morgan fingerprint density at radius 3 is 2.47 bits per heavy atom. The van der Waals surface area contributed by atoms with E-state index < -0.39 is 0 Å². The van der Waals surface area contributed by atoms with Gasteiger partial charge in [0.2, 0.25) is 5.95 Å². The lowest BCUT2D eigenvalue weighted by Gasteiger charge is -2.22. The molecule has 0 spiro atoms. The number of rotatable bonds is 6. The summed E-state index contributed by atoms with van der Waals surface area (Å²) in [5.74, 6) is 1.33. The van der Waals surface area contributed by atoms with E-state index >= 15 is 0 Å². The van der Waals surface area contributed by atoms with Crippen molar-refractivity contribution in [3.8, 4) is 5.69 Å². The van der Waals surface area contributed by atoms with Gasteiger partial charge in [-0.1, -0.05) is 50.0 Å². The Bertz CT molecular complexity index is 490. The van der Waals surface area contributed by atoms with Crippen LogP contribution in [-0.4, -0.2) is 26.2 Å². The maximum Gasteiger partial charge on any atom is 0.247 e. The first-order valence-electron chi connectivity index (χ1n) is 6.86. The van der Waals surface area contributed by atoms with E-state index in [4.69, 9.17) is 0 Å². The molecular formula is C14H21N5. The highest BCUT2D eigenvalue weighted by Crippen LogP contribution is 2.18. The largest absolute Gasteiger partial charge is 0.350 e. The topological polar surface area (TPSA) is 55.6 Å². The molecule has 0 bridgehead atoms. The average Bonchev–Trinajstić information content (AvgIpc) is 2.89. The zero-order valence-corrected chi connectivity index (χ0v) is 11.7. The van der Waals surface area contributed by atoms with Crippen LogP contribution in [0.1, 0.15) is 33.6 Å². The van der Waals surface area contributed by atoms with Crippen LogP contribution >= 0.6 is 0 Å². The van der Waals surface area contributed by atoms with Crippen LogP contribution in [0.2, 0.25) is 0 Å². The molecule has 2 aromatic rings. The van der Waals surface area contributed by atoms with E-state index in [0.717, 1.165) is 18.5 Å². The van der Waals surface area contributed by atoms with Crippen LogP contribution in [0.3, 0.4) is 0 Å². The molecule has 1 aromatic carbocycles. The number of anilines is 1. The van der Waals surface area contributed by atoms with Gasteiger partial charge in [0.1, 0.15) is 0 Å². The van der Waals surface area contributed by atoms with Gasteiger partial charge in [-0.25, -0.2) is 0 Å². The molecule has 1 heterocycles. The molecule has 0 saturated carbocycles. The summed E-state index contributed by atoms with van der Waals surface area (Å²) in [6.07, 6.45) is 2.30. The fourth-order valence-corrected chi connectivity index (χ4v) is 2.34. The van der Waals surface area contributed by atoms with Crippen LogP contribution in [0.4, 0.5) is 5.95 Å². The summed E-state index contributed by atoms with van der Waals surface area (Å²) in [4.78, 5) is 0. The first-order chi connectivity index (χ1) is 9.26. The predicted octanol–water partition coefficient (Wildman–Crippen LogP) is 2.90. The highest BCUT2D eigenvalue weighted by Gasteiger charge is 2.16. The van der Waals surface area contributed by atoms with Crippen LogP contribution in [0.25, 0.3) is 5.69 Å². The predicted molar refractivity (Wildman–Crippen MR) is 76.3 cm³/mol. The highest BCUT2D eigenvalue weighted by molar-refractivity contribution is 5.38. The van der Waals surface area contributed by atoms with Gasteiger partial charge < -0.3 is 5.32 Å². The number of nitrogens with zero attached hydrogens (tertiary/aromatic N) is 4. The molecular weight excluding hydrogens is 238 g/mol. The van der Waals surface area contributed by atoms with E-state index in [9.17, 15) is 0 Å². The van der Waals surface area contributed by atoms with Gasteiger partial charge in [-0.15, -0.1) is 0 Å². The maximum atomic E-state index is 4.07. The Labute approximate surface area is 114 Å². The fraction of sp³-hybridized carbons (Fsp3) is 0.500. The molecule has 0 saturated heterocycles. The van der Waals surface area contributed by atoms with Crippen molar-refractivity contribution in [2.75, 3.05) is 5.32 Å². The lowest BCUT2D eigenvalue weighted by Crippen LogP contribution is -2.26. The summed E-state index contributed by atoms with van der Waals surface area (Å²) < 4.78 is 1.74. The Morgan fingerprint density at radius 1 is 1.16 bits per heavy atom. The molecule has 0 amide bonds. The van der Waals surface area contributed by atoms with Crippen molar-refractivity contribution in [1.82, 2.24) is 20.2 Å². The summed E-state index contributed by atoms with van der Waals surface area (Å²) >= 11 is 0. The van der Waals surface area contributed by atoms with Crippen molar-refractivity contribution in [3.05, 3.63) is 30.3 Å². The number of tetrazole rings is 1. The van der Waals surface area contributed by atoms with Gasteiger partial charge in [-0.05, 0) is 35.4 Å². The third kappa shape index (κ3) is 3.10. The third-order valence-corrected chi connectivity index (χ3v) is 3.58. The number of nitrogens with one attached hydrogen (secondary N) is 1. The van der Waals surface area contributed by atoms with Gasteiger partial charge in [0.25, 0.3) is 0 Å². The molecule has 0 radical (unpaired) electrons. The molecule has 0 aliphatic rings. The summed E-state index contributed by atoms with van der Waals surface area (Å²) in [6.45, 7) is 6.61. The summed E-state index contributed by atoms with van der Waals surface area (Å²) in [5.41, 5.74) is 0.965. The van der Waals surface area contributed by atoms with Crippen molar-refractivity contribution < 1.29 is 0 Å². The number of hydrogen-bond donors (Lipinski definition) is 1. The van der Waals surface area contributed by atoms with Gasteiger partial charge >= 0.3 is 0 Å². The molecule has 19 heavy (non-hydrogen) atoms. The van der Waals surface area contributed by atoms with E-state index in [1.807, 2.05) is 30.3 Å². The van der Waals surface area contributed by atoms with Gasteiger partial charge in [0, 0.05) is 6.04 Å². The fourth-order valence-electron chi connectivity index (χ4n) is 2.34. The highest BCUT2D eigenvalue weighted by atomic mass is 15.6. The van der Waals surface area contributed by atoms with Crippen molar-refractivity contribution in [2.24, 2.45) is 5.92 Å². The lowest BCUT2D eigenvalue weighted by molar-refractivity contribution is 0.435. The van der Waals surface area contributed by atoms with Crippen LogP contribution in [0.5, 0.6) is 0 Å². The number of aromatic nitrogens is 4. The summed E-state index contributed by atoms with van der Waals surface area (Å²) in [7, 11) is 0. The molecule has 1 aromatic heterocycles. The molecule has 2 rings (SSSR count). The van der Waals surface area contributed by atoms with Gasteiger partial charge in [-0.3, -0.25) is 0 Å². The zero-order chi connectivity index (χ0) is 13.7. The van der Waals surface area contributed by atoms with Crippen LogP contribution < -0.4 is 5.32 Å². The van der Waals surface area contributed by atoms with E-state index in [-0.39, 0.29) is 0 Å². The molecule has 1 N–H and O–H groups in total. The Hall–Kier alpha value is -1.91. The molecule has 5 nitrogen and oxygen atoms in total. The number of hydrogen-bond acceptors (Lipinski definition) is 4. The van der Waals surface area contributed by atoms with E-state index in [1.54, 1.807) is 4.68 Å². The monoisotopic (exact) mass is 259 g/mol. The summed E-state index contributed by atoms with van der Waals surface area (Å²) in [6, 6.07) is 10.3. The van der Waals surface area contributed by atoms with E-state index in [2.05, 4.69) is 41.6 Å². The van der Waals surface area contributed by atoms with Gasteiger partial charge in [0.15, 0.2) is 0 Å². The third-order valence-electron chi connectivity index (χ3n) is 3.58. The Kier molecular flexibility index (Phi) is 4.49. The van der Waals surface area contributed by atoms with Crippen molar-refractivity contribution in [3.63, 3.8) is 0 Å². The molecule has 1 atom stereocenters. The minimum absolute atomic E-state index is 0.350. The minimum Gasteiger partial charge on any atom is -0.350 e. The Balaban J connectivity index is 2.17. The van der Waals surface area contributed by atoms with Crippen LogP contribution in [-0.2, 0) is 0 Å². The Morgan fingerprint density at radius 2 is 1.84 bits per heavy atom. The van der Waals surface area contributed by atoms with Crippen molar-refractivity contribution >= 4 is 5.95 Å². The number of benzene rings is 1. The molecule has 0 aliphatic carbocycles. The van der Waals surface area contributed by atoms with Crippen LogP contribution in [0, 0.1) is 5.92 Å². The molecule has 0 aliphatic heterocycles. The first-order valence-corrected chi connectivity index (χ1v) is 6.86. The number of para-hydroxylation sites is 1. The molecule has 102 valence electrons. The molecule has 5 heteroatoms. The first kappa shape index (κ1) is 13.5. The van der Waals surface area contributed by atoms with E-state index in [1.165, 1.54) is 0 Å². The second kappa shape index (κ2) is 6.31. The van der Waals surface area contributed by atoms with E-state index in [0.29, 0.717) is 17.9 Å². The maximum absolute atomic E-state index is 4.07. The molecule has 1 unspecified atom stereocenters. The van der Waals surface area contributed by atoms with Crippen LogP contribution in [0.15, 0.2) is 30.3 Å². The quantitative estimate of drug-likeness (QED) is 0.866. The summed E-state index contributed by atoms with van der Waals surface area (Å²) in [5, 5.41) is 15.3. The second-order valence-electron chi connectivity index (χ2n) is 4.76. The van der Waals surface area contributed by atoms with Crippen molar-refractivity contribution in [2.45, 2.75) is 39.7 Å².